The van der Waals surface area contributed by atoms with Crippen molar-refractivity contribution >= 4 is 5.91 Å². The number of hydrogen-bond donors (Lipinski definition) is 2. The second-order valence-electron chi connectivity index (χ2n) is 4.12. The van der Waals surface area contributed by atoms with E-state index in [1.165, 1.54) is 10.8 Å². The molecule has 1 aromatic rings. The third-order valence-electron chi connectivity index (χ3n) is 2.23. The normalized spacial score (nSPS) is 10.6. The predicted octanol–water partition coefficient (Wildman–Crippen LogP) is -0.376. The van der Waals surface area contributed by atoms with E-state index in [0.29, 0.717) is 12.0 Å². The van der Waals surface area contributed by atoms with Crippen LogP contribution in [0.3, 0.4) is 0 Å². The van der Waals surface area contributed by atoms with Crippen molar-refractivity contribution in [3.63, 3.8) is 0 Å². The van der Waals surface area contributed by atoms with Gasteiger partial charge in [0.15, 0.2) is 0 Å². The van der Waals surface area contributed by atoms with E-state index in [2.05, 4.69) is 10.3 Å². The number of nitrogens with zero attached hydrogens (tertiary/aromatic N) is 1. The molecule has 6 heteroatoms. The van der Waals surface area contributed by atoms with Gasteiger partial charge in [0, 0.05) is 17.8 Å². The Hall–Kier alpha value is -1.85. The molecule has 0 aromatic carbocycles. The van der Waals surface area contributed by atoms with Gasteiger partial charge in [-0.25, -0.2) is 4.79 Å². The van der Waals surface area contributed by atoms with E-state index in [0.717, 1.165) is 0 Å². The second kappa shape index (κ2) is 5.47. The Labute approximate surface area is 98.7 Å². The lowest BCUT2D eigenvalue weighted by Gasteiger charge is -2.10. The molecule has 94 valence electrons. The molecule has 0 aliphatic carbocycles. The van der Waals surface area contributed by atoms with E-state index < -0.39 is 11.2 Å². The third-order valence-corrected chi connectivity index (χ3v) is 2.23. The number of amides is 1. The quantitative estimate of drug-likeness (QED) is 0.751. The first-order valence-electron chi connectivity index (χ1n) is 5.56. The number of carbonyl (C=O) groups excluding carboxylic acids is 1. The van der Waals surface area contributed by atoms with Crippen molar-refractivity contribution in [2.45, 2.75) is 39.8 Å². The van der Waals surface area contributed by atoms with Gasteiger partial charge in [0.25, 0.3) is 5.56 Å². The Morgan fingerprint density at radius 2 is 2.12 bits per heavy atom. The maximum atomic E-state index is 11.5. The van der Waals surface area contributed by atoms with E-state index >= 15 is 0 Å². The van der Waals surface area contributed by atoms with E-state index in [1.807, 2.05) is 20.8 Å². The van der Waals surface area contributed by atoms with Gasteiger partial charge in [-0.1, -0.05) is 6.92 Å². The van der Waals surface area contributed by atoms with Crippen molar-refractivity contribution in [2.24, 2.45) is 0 Å². The summed E-state index contributed by atoms with van der Waals surface area (Å²) in [5.41, 5.74) is -0.467. The molecule has 0 atom stereocenters. The van der Waals surface area contributed by atoms with Crippen LogP contribution in [0.4, 0.5) is 0 Å². The number of H-pyrrole nitrogens is 1. The molecule has 0 aliphatic rings. The largest absolute Gasteiger partial charge is 0.352 e. The van der Waals surface area contributed by atoms with Crippen molar-refractivity contribution in [1.82, 2.24) is 14.9 Å². The lowest BCUT2D eigenvalue weighted by Crippen LogP contribution is -2.38. The van der Waals surface area contributed by atoms with Crippen molar-refractivity contribution in [1.29, 1.82) is 0 Å². The molecule has 0 bridgehead atoms. The molecule has 0 spiro atoms. The van der Waals surface area contributed by atoms with Crippen LogP contribution in [0, 0.1) is 0 Å². The first-order chi connectivity index (χ1) is 7.93. The summed E-state index contributed by atoms with van der Waals surface area (Å²) in [5, 5.41) is 2.68. The number of aromatic amines is 1. The maximum Gasteiger partial charge on any atom is 0.328 e. The Balaban J connectivity index is 2.95. The van der Waals surface area contributed by atoms with Gasteiger partial charge in [0.05, 0.1) is 0 Å². The fraction of sp³-hybridized carbons (Fsp3) is 0.545. The smallest absolute Gasteiger partial charge is 0.328 e. The predicted molar refractivity (Wildman–Crippen MR) is 64.0 cm³/mol. The average molecular weight is 239 g/mol. The van der Waals surface area contributed by atoms with Crippen LogP contribution >= 0.6 is 0 Å². The summed E-state index contributed by atoms with van der Waals surface area (Å²) in [4.78, 5) is 36.5. The van der Waals surface area contributed by atoms with Crippen LogP contribution in [0.15, 0.2) is 15.8 Å². The van der Waals surface area contributed by atoms with E-state index in [4.69, 9.17) is 0 Å². The minimum Gasteiger partial charge on any atom is -0.352 e. The van der Waals surface area contributed by atoms with E-state index in [-0.39, 0.29) is 18.5 Å². The molecule has 6 nitrogen and oxygen atoms in total. The Bertz CT molecular complexity index is 513. The van der Waals surface area contributed by atoms with Crippen LogP contribution in [0.1, 0.15) is 26.3 Å². The number of rotatable bonds is 4. The number of carbonyl (C=O) groups is 1. The molecule has 2 N–H and O–H groups in total. The number of aromatic nitrogens is 2. The van der Waals surface area contributed by atoms with Gasteiger partial charge in [-0.15, -0.1) is 0 Å². The Morgan fingerprint density at radius 1 is 1.47 bits per heavy atom. The highest BCUT2D eigenvalue weighted by Gasteiger charge is 2.08. The summed E-state index contributed by atoms with van der Waals surface area (Å²) in [7, 11) is 0. The van der Waals surface area contributed by atoms with Crippen molar-refractivity contribution in [3.8, 4) is 0 Å². The third kappa shape index (κ3) is 3.58. The Morgan fingerprint density at radius 3 is 2.65 bits per heavy atom. The van der Waals surface area contributed by atoms with Crippen LogP contribution in [-0.4, -0.2) is 21.5 Å². The zero-order valence-electron chi connectivity index (χ0n) is 10.2. The summed E-state index contributed by atoms with van der Waals surface area (Å²) < 4.78 is 1.21. The highest BCUT2D eigenvalue weighted by molar-refractivity contribution is 5.75. The first-order valence-corrected chi connectivity index (χ1v) is 5.56. The van der Waals surface area contributed by atoms with Gasteiger partial charge < -0.3 is 5.32 Å². The number of hydrogen-bond acceptors (Lipinski definition) is 3. The van der Waals surface area contributed by atoms with Crippen molar-refractivity contribution in [3.05, 3.63) is 32.6 Å². The number of aryl methyl sites for hydroxylation is 1. The first kappa shape index (κ1) is 13.2. The molecule has 1 aromatic heterocycles. The van der Waals surface area contributed by atoms with Crippen LogP contribution in [0.5, 0.6) is 0 Å². The van der Waals surface area contributed by atoms with Gasteiger partial charge in [-0.05, 0) is 20.3 Å². The topological polar surface area (TPSA) is 84.0 Å². The zero-order chi connectivity index (χ0) is 13.0. The van der Waals surface area contributed by atoms with E-state index in [1.54, 1.807) is 0 Å². The van der Waals surface area contributed by atoms with E-state index in [9.17, 15) is 14.4 Å². The standard InChI is InChI=1S/C11H17N3O3/c1-4-8-5-14(11(17)13-10(8)16)6-9(15)12-7(2)3/h5,7H,4,6H2,1-3H3,(H,12,15)(H,13,16,17). The minimum absolute atomic E-state index is 0.0200. The molecule has 1 amide bonds. The van der Waals surface area contributed by atoms with Crippen LogP contribution < -0.4 is 16.6 Å². The molecule has 1 heterocycles. The number of nitrogens with one attached hydrogen (secondary N) is 2. The lowest BCUT2D eigenvalue weighted by atomic mass is 10.2. The average Bonchev–Trinajstić information content (AvgIpc) is 2.20. The fourth-order valence-corrected chi connectivity index (χ4v) is 1.45. The van der Waals surface area contributed by atoms with Crippen LogP contribution in [0.2, 0.25) is 0 Å². The fourth-order valence-electron chi connectivity index (χ4n) is 1.45. The molecule has 0 unspecified atom stereocenters. The van der Waals surface area contributed by atoms with Gasteiger partial charge in [-0.3, -0.25) is 19.1 Å². The highest BCUT2D eigenvalue weighted by Crippen LogP contribution is 1.89. The minimum atomic E-state index is -0.564. The summed E-state index contributed by atoms with van der Waals surface area (Å²) >= 11 is 0. The molecule has 1 rings (SSSR count). The molecule has 0 radical (unpaired) electrons. The Kier molecular flexibility index (Phi) is 4.25. The highest BCUT2D eigenvalue weighted by atomic mass is 16.2. The lowest BCUT2D eigenvalue weighted by molar-refractivity contribution is -0.122. The monoisotopic (exact) mass is 239 g/mol. The maximum absolute atomic E-state index is 11.5. The molecular formula is C11H17N3O3. The summed E-state index contributed by atoms with van der Waals surface area (Å²) in [6.07, 6.45) is 1.95. The molecule has 0 fully saturated rings. The van der Waals surface area contributed by atoms with Crippen molar-refractivity contribution in [2.75, 3.05) is 0 Å². The molecule has 17 heavy (non-hydrogen) atoms. The van der Waals surface area contributed by atoms with Gasteiger partial charge in [-0.2, -0.15) is 0 Å². The summed E-state index contributed by atoms with van der Waals surface area (Å²) in [6.45, 7) is 5.41. The summed E-state index contributed by atoms with van der Waals surface area (Å²) in [5.74, 6) is -0.254. The van der Waals surface area contributed by atoms with Crippen LogP contribution in [0.25, 0.3) is 0 Å². The second-order valence-corrected chi connectivity index (χ2v) is 4.12. The van der Waals surface area contributed by atoms with Crippen LogP contribution in [-0.2, 0) is 17.8 Å². The van der Waals surface area contributed by atoms with Gasteiger partial charge >= 0.3 is 5.69 Å². The zero-order valence-corrected chi connectivity index (χ0v) is 10.2. The summed E-state index contributed by atoms with van der Waals surface area (Å²) in [6, 6.07) is 0.0200. The molecular weight excluding hydrogens is 222 g/mol. The van der Waals surface area contributed by atoms with Gasteiger partial charge in [0.2, 0.25) is 5.91 Å². The van der Waals surface area contributed by atoms with Gasteiger partial charge in [0.1, 0.15) is 6.54 Å². The van der Waals surface area contributed by atoms with Crippen molar-refractivity contribution < 1.29 is 4.79 Å². The molecule has 0 saturated carbocycles. The molecule has 0 aliphatic heterocycles. The molecule has 0 saturated heterocycles. The SMILES string of the molecule is CCc1cn(CC(=O)NC(C)C)c(=O)[nH]c1=O.